The highest BCUT2D eigenvalue weighted by molar-refractivity contribution is 6.00. The molecular formula is C21H25N3O4. The lowest BCUT2D eigenvalue weighted by atomic mass is 10.2. The summed E-state index contributed by atoms with van der Waals surface area (Å²) in [6, 6.07) is 11.9. The van der Waals surface area contributed by atoms with Crippen LogP contribution in [-0.4, -0.2) is 43.6 Å². The third kappa shape index (κ3) is 4.36. The maximum Gasteiger partial charge on any atom is 0.322 e. The van der Waals surface area contributed by atoms with E-state index in [1.807, 2.05) is 31.2 Å². The lowest BCUT2D eigenvalue weighted by molar-refractivity contribution is -0.119. The van der Waals surface area contributed by atoms with Gasteiger partial charge in [0.15, 0.2) is 0 Å². The molecule has 3 rings (SSSR count). The first-order chi connectivity index (χ1) is 13.5. The molecule has 0 aromatic heterocycles. The van der Waals surface area contributed by atoms with E-state index in [0.717, 1.165) is 12.0 Å². The van der Waals surface area contributed by atoms with E-state index in [2.05, 4.69) is 10.6 Å². The summed E-state index contributed by atoms with van der Waals surface area (Å²) >= 11 is 0. The topological polar surface area (TPSA) is 79.9 Å². The van der Waals surface area contributed by atoms with Crippen LogP contribution in [0.15, 0.2) is 42.5 Å². The first kappa shape index (κ1) is 19.5. The van der Waals surface area contributed by atoms with Crippen LogP contribution in [0.25, 0.3) is 0 Å². The number of benzene rings is 2. The number of carbonyl (C=O) groups excluding carboxylic acids is 2. The van der Waals surface area contributed by atoms with Crippen LogP contribution in [0, 0.1) is 6.92 Å². The number of likely N-dealkylation sites (tertiary alicyclic amines) is 1. The molecule has 1 heterocycles. The molecule has 28 heavy (non-hydrogen) atoms. The van der Waals surface area contributed by atoms with Gasteiger partial charge in [-0.15, -0.1) is 0 Å². The average molecular weight is 383 g/mol. The van der Waals surface area contributed by atoms with Crippen LogP contribution in [0.1, 0.15) is 18.4 Å². The molecule has 0 saturated carbocycles. The predicted molar refractivity (Wildman–Crippen MR) is 108 cm³/mol. The second-order valence-electron chi connectivity index (χ2n) is 6.70. The number of carbonyl (C=O) groups is 2. The minimum absolute atomic E-state index is 0.236. The zero-order valence-electron chi connectivity index (χ0n) is 16.3. The van der Waals surface area contributed by atoms with E-state index in [9.17, 15) is 9.59 Å². The number of rotatable bonds is 5. The molecule has 2 aromatic carbocycles. The second kappa shape index (κ2) is 8.65. The number of ether oxygens (including phenoxy) is 2. The predicted octanol–water partition coefficient (Wildman–Crippen LogP) is 3.65. The fraction of sp³-hybridized carbons (Fsp3) is 0.333. The maximum absolute atomic E-state index is 12.8. The number of nitrogens with zero attached hydrogens (tertiary/aromatic N) is 1. The van der Waals surface area contributed by atoms with Crippen molar-refractivity contribution >= 4 is 23.3 Å². The molecule has 1 aliphatic heterocycles. The summed E-state index contributed by atoms with van der Waals surface area (Å²) in [7, 11) is 3.09. The third-order valence-electron chi connectivity index (χ3n) is 4.79. The largest absolute Gasteiger partial charge is 0.497 e. The van der Waals surface area contributed by atoms with Crippen molar-refractivity contribution < 1.29 is 19.1 Å². The normalized spacial score (nSPS) is 15.8. The van der Waals surface area contributed by atoms with Crippen LogP contribution in [0.3, 0.4) is 0 Å². The number of aryl methyl sites for hydroxylation is 1. The summed E-state index contributed by atoms with van der Waals surface area (Å²) in [6.45, 7) is 2.52. The Morgan fingerprint density at radius 1 is 1.04 bits per heavy atom. The molecule has 0 bridgehead atoms. The molecule has 3 amide bonds. The lowest BCUT2D eigenvalue weighted by Crippen LogP contribution is -2.45. The van der Waals surface area contributed by atoms with Gasteiger partial charge in [0.1, 0.15) is 17.5 Å². The Hall–Kier alpha value is -3.22. The lowest BCUT2D eigenvalue weighted by Gasteiger charge is -2.24. The first-order valence-corrected chi connectivity index (χ1v) is 9.19. The summed E-state index contributed by atoms with van der Waals surface area (Å²) in [6.07, 6.45) is 1.39. The van der Waals surface area contributed by atoms with E-state index < -0.39 is 6.04 Å². The molecule has 2 N–H and O–H groups in total. The number of anilines is 2. The molecule has 1 fully saturated rings. The highest BCUT2D eigenvalue weighted by Crippen LogP contribution is 2.30. The van der Waals surface area contributed by atoms with Crippen molar-refractivity contribution in [1.82, 2.24) is 4.90 Å². The van der Waals surface area contributed by atoms with Crippen LogP contribution < -0.4 is 20.1 Å². The van der Waals surface area contributed by atoms with Crippen molar-refractivity contribution in [1.29, 1.82) is 0 Å². The maximum atomic E-state index is 12.8. The summed E-state index contributed by atoms with van der Waals surface area (Å²) in [5, 5.41) is 5.73. The van der Waals surface area contributed by atoms with E-state index in [0.29, 0.717) is 35.8 Å². The van der Waals surface area contributed by atoms with Gasteiger partial charge in [0, 0.05) is 18.3 Å². The SMILES string of the molecule is COc1ccc(NC(=O)C2CCCN2C(=O)Nc2ccc(C)cc2)c(OC)c1. The monoisotopic (exact) mass is 383 g/mol. The van der Waals surface area contributed by atoms with Crippen molar-refractivity contribution in [2.24, 2.45) is 0 Å². The number of methoxy groups -OCH3 is 2. The van der Waals surface area contributed by atoms with Gasteiger partial charge in [-0.1, -0.05) is 17.7 Å². The van der Waals surface area contributed by atoms with Crippen LogP contribution >= 0.6 is 0 Å². The van der Waals surface area contributed by atoms with E-state index in [1.165, 1.54) is 7.11 Å². The number of hydrogen-bond acceptors (Lipinski definition) is 4. The molecule has 2 aromatic rings. The first-order valence-electron chi connectivity index (χ1n) is 9.19. The van der Waals surface area contributed by atoms with Gasteiger partial charge in [0.2, 0.25) is 5.91 Å². The van der Waals surface area contributed by atoms with E-state index in [4.69, 9.17) is 9.47 Å². The average Bonchev–Trinajstić information content (AvgIpc) is 3.20. The Balaban J connectivity index is 1.69. The van der Waals surface area contributed by atoms with Gasteiger partial charge in [0.05, 0.1) is 19.9 Å². The van der Waals surface area contributed by atoms with Crippen LogP contribution in [-0.2, 0) is 4.79 Å². The Labute approximate surface area is 164 Å². The van der Waals surface area contributed by atoms with Crippen LogP contribution in [0.2, 0.25) is 0 Å². The van der Waals surface area contributed by atoms with E-state index in [-0.39, 0.29) is 11.9 Å². The molecule has 148 valence electrons. The summed E-state index contributed by atoms with van der Waals surface area (Å²) in [4.78, 5) is 27.1. The quantitative estimate of drug-likeness (QED) is 0.826. The second-order valence-corrected chi connectivity index (χ2v) is 6.70. The summed E-state index contributed by atoms with van der Waals surface area (Å²) in [5.74, 6) is 0.899. The van der Waals surface area contributed by atoms with Crippen LogP contribution in [0.5, 0.6) is 11.5 Å². The standard InChI is InChI=1S/C21H25N3O4/c1-14-6-8-15(9-7-14)22-21(26)24-12-4-5-18(24)20(25)23-17-11-10-16(27-2)13-19(17)28-3/h6-11,13,18H,4-5,12H2,1-3H3,(H,22,26)(H,23,25). The Kier molecular flexibility index (Phi) is 6.03. The number of nitrogens with one attached hydrogen (secondary N) is 2. The van der Waals surface area contributed by atoms with Gasteiger partial charge in [-0.25, -0.2) is 4.79 Å². The van der Waals surface area contributed by atoms with Gasteiger partial charge in [-0.2, -0.15) is 0 Å². The van der Waals surface area contributed by atoms with Crippen molar-refractivity contribution in [3.63, 3.8) is 0 Å². The van der Waals surface area contributed by atoms with Crippen molar-refractivity contribution in [2.45, 2.75) is 25.8 Å². The summed E-state index contributed by atoms with van der Waals surface area (Å²) < 4.78 is 10.5. The van der Waals surface area contributed by atoms with Crippen molar-refractivity contribution in [3.05, 3.63) is 48.0 Å². The molecular weight excluding hydrogens is 358 g/mol. The Bertz CT molecular complexity index is 851. The zero-order chi connectivity index (χ0) is 20.1. The molecule has 0 aliphatic carbocycles. The van der Waals surface area contributed by atoms with Crippen LogP contribution in [0.4, 0.5) is 16.2 Å². The van der Waals surface area contributed by atoms with Gasteiger partial charge in [-0.05, 0) is 44.0 Å². The van der Waals surface area contributed by atoms with Gasteiger partial charge >= 0.3 is 6.03 Å². The molecule has 1 aliphatic rings. The number of urea groups is 1. The van der Waals surface area contributed by atoms with Crippen molar-refractivity contribution in [3.8, 4) is 11.5 Å². The Morgan fingerprint density at radius 2 is 1.79 bits per heavy atom. The molecule has 1 unspecified atom stereocenters. The van der Waals surface area contributed by atoms with Crippen molar-refractivity contribution in [2.75, 3.05) is 31.4 Å². The third-order valence-corrected chi connectivity index (χ3v) is 4.79. The van der Waals surface area contributed by atoms with Gasteiger partial charge < -0.3 is 25.0 Å². The minimum Gasteiger partial charge on any atom is -0.497 e. The number of hydrogen-bond donors (Lipinski definition) is 2. The molecule has 1 saturated heterocycles. The molecule has 1 atom stereocenters. The fourth-order valence-electron chi connectivity index (χ4n) is 3.23. The number of amides is 3. The van der Waals surface area contributed by atoms with E-state index in [1.54, 1.807) is 30.2 Å². The molecule has 0 spiro atoms. The highest BCUT2D eigenvalue weighted by atomic mass is 16.5. The highest BCUT2D eigenvalue weighted by Gasteiger charge is 2.34. The van der Waals surface area contributed by atoms with Gasteiger partial charge in [0.25, 0.3) is 0 Å². The Morgan fingerprint density at radius 3 is 2.46 bits per heavy atom. The van der Waals surface area contributed by atoms with Gasteiger partial charge in [-0.3, -0.25) is 4.79 Å². The zero-order valence-corrected chi connectivity index (χ0v) is 16.3. The molecule has 0 radical (unpaired) electrons. The van der Waals surface area contributed by atoms with E-state index >= 15 is 0 Å². The molecule has 7 heteroatoms. The fourth-order valence-corrected chi connectivity index (χ4v) is 3.23. The molecule has 7 nitrogen and oxygen atoms in total. The minimum atomic E-state index is -0.530. The smallest absolute Gasteiger partial charge is 0.322 e. The summed E-state index contributed by atoms with van der Waals surface area (Å²) in [5.41, 5.74) is 2.36.